The molecule has 1 nitrogen and oxygen atoms in total. The predicted molar refractivity (Wildman–Crippen MR) is 77.7 cm³/mol. The van der Waals surface area contributed by atoms with E-state index < -0.39 is 0 Å². The predicted octanol–water partition coefficient (Wildman–Crippen LogP) is 4.21. The smallest absolute Gasteiger partial charge is 0.0478 e. The van der Waals surface area contributed by atoms with Crippen LogP contribution in [0.4, 0.5) is 5.69 Å². The van der Waals surface area contributed by atoms with E-state index in [1.54, 1.807) is 0 Å². The van der Waals surface area contributed by atoms with Gasteiger partial charge in [0.15, 0.2) is 0 Å². The molecule has 0 atom stereocenters. The molecule has 0 aliphatic rings. The van der Waals surface area contributed by atoms with E-state index in [1.165, 1.54) is 20.4 Å². The van der Waals surface area contributed by atoms with Gasteiger partial charge in [-0.15, -0.1) is 0 Å². The number of para-hydroxylation sites is 1. The largest absolute Gasteiger partial charge is 0.380 e. The van der Waals surface area contributed by atoms with Crippen LogP contribution in [-0.2, 0) is 6.54 Å². The van der Waals surface area contributed by atoms with Crippen LogP contribution >= 0.6 is 22.6 Å². The maximum atomic E-state index is 3.45. The monoisotopic (exact) mass is 323 g/mol. The van der Waals surface area contributed by atoms with Gasteiger partial charge < -0.3 is 5.32 Å². The highest BCUT2D eigenvalue weighted by atomic mass is 127. The van der Waals surface area contributed by atoms with Gasteiger partial charge in [0.05, 0.1) is 0 Å². The fraction of sp³-hybridized carbons (Fsp3) is 0.143. The fourth-order valence-electron chi connectivity index (χ4n) is 1.62. The Kier molecular flexibility index (Phi) is 3.83. The molecule has 1 N–H and O–H groups in total. The van der Waals surface area contributed by atoms with Crippen LogP contribution in [0, 0.1) is 10.5 Å². The molecule has 2 aromatic carbocycles. The first-order valence-electron chi connectivity index (χ1n) is 5.29. The Morgan fingerprint density at radius 2 is 1.88 bits per heavy atom. The Labute approximate surface area is 110 Å². The molecule has 2 aromatic rings. The van der Waals surface area contributed by atoms with E-state index in [1.807, 2.05) is 0 Å². The molecule has 0 saturated heterocycles. The molecule has 0 saturated carbocycles. The summed E-state index contributed by atoms with van der Waals surface area (Å²) in [6.07, 6.45) is 0. The molecule has 0 amide bonds. The molecular formula is C14H14IN. The molecule has 0 aliphatic carbocycles. The highest BCUT2D eigenvalue weighted by Gasteiger charge is 1.97. The van der Waals surface area contributed by atoms with Gasteiger partial charge in [0.2, 0.25) is 0 Å². The lowest BCUT2D eigenvalue weighted by Gasteiger charge is -2.08. The lowest BCUT2D eigenvalue weighted by Crippen LogP contribution is -2.00. The number of nitrogens with one attached hydrogen (secondary N) is 1. The summed E-state index contributed by atoms with van der Waals surface area (Å²) < 4.78 is 1.26. The zero-order valence-electron chi connectivity index (χ0n) is 9.20. The number of anilines is 1. The van der Waals surface area contributed by atoms with Gasteiger partial charge in [-0.3, -0.25) is 0 Å². The molecule has 0 unspecified atom stereocenters. The van der Waals surface area contributed by atoms with E-state index >= 15 is 0 Å². The summed E-state index contributed by atoms with van der Waals surface area (Å²) in [5, 5.41) is 3.45. The van der Waals surface area contributed by atoms with Crippen molar-refractivity contribution in [2.45, 2.75) is 13.5 Å². The van der Waals surface area contributed by atoms with Crippen molar-refractivity contribution in [2.75, 3.05) is 5.32 Å². The first-order chi connectivity index (χ1) is 7.75. The van der Waals surface area contributed by atoms with E-state index in [9.17, 15) is 0 Å². The molecule has 2 rings (SSSR count). The number of benzene rings is 2. The Morgan fingerprint density at radius 3 is 2.62 bits per heavy atom. The first-order valence-corrected chi connectivity index (χ1v) is 6.37. The zero-order chi connectivity index (χ0) is 11.4. The lowest BCUT2D eigenvalue weighted by molar-refractivity contribution is 1.14. The zero-order valence-corrected chi connectivity index (χ0v) is 11.4. The Morgan fingerprint density at radius 1 is 1.06 bits per heavy atom. The summed E-state index contributed by atoms with van der Waals surface area (Å²) in [5.41, 5.74) is 3.83. The molecular weight excluding hydrogens is 309 g/mol. The van der Waals surface area contributed by atoms with Crippen LogP contribution in [0.15, 0.2) is 48.5 Å². The Balaban J connectivity index is 2.05. The summed E-state index contributed by atoms with van der Waals surface area (Å²) in [5.74, 6) is 0. The number of aryl methyl sites for hydroxylation is 1. The van der Waals surface area contributed by atoms with Crippen molar-refractivity contribution in [2.24, 2.45) is 0 Å². The summed E-state index contributed by atoms with van der Waals surface area (Å²) in [7, 11) is 0. The average molecular weight is 323 g/mol. The number of hydrogen-bond acceptors (Lipinski definition) is 1. The van der Waals surface area contributed by atoms with Crippen molar-refractivity contribution in [1.29, 1.82) is 0 Å². The third kappa shape index (κ3) is 2.98. The highest BCUT2D eigenvalue weighted by Crippen LogP contribution is 2.17. The molecule has 0 bridgehead atoms. The number of hydrogen-bond donors (Lipinski definition) is 1. The minimum Gasteiger partial charge on any atom is -0.380 e. The van der Waals surface area contributed by atoms with Crippen LogP contribution in [-0.4, -0.2) is 0 Å². The lowest BCUT2D eigenvalue weighted by atomic mass is 10.1. The summed E-state index contributed by atoms with van der Waals surface area (Å²) in [6, 6.07) is 16.9. The molecule has 2 heteroatoms. The Hall–Kier alpha value is -1.03. The topological polar surface area (TPSA) is 12.0 Å². The van der Waals surface area contributed by atoms with Crippen molar-refractivity contribution in [3.8, 4) is 0 Å². The fourth-order valence-corrected chi connectivity index (χ4v) is 2.20. The third-order valence-corrected chi connectivity index (χ3v) is 3.38. The van der Waals surface area contributed by atoms with Crippen molar-refractivity contribution < 1.29 is 0 Å². The maximum Gasteiger partial charge on any atom is 0.0478 e. The first kappa shape index (κ1) is 11.5. The highest BCUT2D eigenvalue weighted by molar-refractivity contribution is 14.1. The summed E-state index contributed by atoms with van der Waals surface area (Å²) in [6.45, 7) is 3.00. The van der Waals surface area contributed by atoms with Crippen molar-refractivity contribution in [1.82, 2.24) is 0 Å². The van der Waals surface area contributed by atoms with Crippen LogP contribution in [0.5, 0.6) is 0 Å². The average Bonchev–Trinajstić information content (AvgIpc) is 2.28. The molecule has 82 valence electrons. The quantitative estimate of drug-likeness (QED) is 0.834. The number of rotatable bonds is 3. The van der Waals surface area contributed by atoms with Gasteiger partial charge in [0.1, 0.15) is 0 Å². The third-order valence-electron chi connectivity index (χ3n) is 2.44. The normalized spacial score (nSPS) is 10.1. The maximum absolute atomic E-state index is 3.45. The standard InChI is InChI=1S/C14H14IN/c1-11-5-4-6-12(9-11)10-16-14-8-3-2-7-13(14)15/h2-9,16H,10H2,1H3. The van der Waals surface area contributed by atoms with Gasteiger partial charge in [-0.2, -0.15) is 0 Å². The van der Waals surface area contributed by atoms with Crippen LogP contribution in [0.25, 0.3) is 0 Å². The van der Waals surface area contributed by atoms with Crippen molar-refractivity contribution in [3.63, 3.8) is 0 Å². The molecule has 16 heavy (non-hydrogen) atoms. The van der Waals surface area contributed by atoms with Crippen LogP contribution < -0.4 is 5.32 Å². The van der Waals surface area contributed by atoms with Crippen LogP contribution in [0.2, 0.25) is 0 Å². The van der Waals surface area contributed by atoms with Gasteiger partial charge in [-0.1, -0.05) is 42.0 Å². The molecule has 0 spiro atoms. The Bertz CT molecular complexity index is 480. The van der Waals surface area contributed by atoms with Crippen molar-refractivity contribution >= 4 is 28.3 Å². The van der Waals surface area contributed by atoms with E-state index in [0.717, 1.165) is 6.54 Å². The van der Waals surface area contributed by atoms with Crippen molar-refractivity contribution in [3.05, 3.63) is 63.2 Å². The van der Waals surface area contributed by atoms with E-state index in [4.69, 9.17) is 0 Å². The second-order valence-corrected chi connectivity index (χ2v) is 4.98. The van der Waals surface area contributed by atoms with Gasteiger partial charge >= 0.3 is 0 Å². The SMILES string of the molecule is Cc1cccc(CNc2ccccc2I)c1. The van der Waals surface area contributed by atoms with Gasteiger partial charge in [-0.05, 0) is 47.2 Å². The molecule has 0 radical (unpaired) electrons. The van der Waals surface area contributed by atoms with Gasteiger partial charge in [0.25, 0.3) is 0 Å². The van der Waals surface area contributed by atoms with E-state index in [0.29, 0.717) is 0 Å². The van der Waals surface area contributed by atoms with E-state index in [2.05, 4.69) is 83.4 Å². The minimum atomic E-state index is 0.877. The molecule has 0 aromatic heterocycles. The van der Waals surface area contributed by atoms with Gasteiger partial charge in [0, 0.05) is 15.8 Å². The van der Waals surface area contributed by atoms with Crippen LogP contribution in [0.3, 0.4) is 0 Å². The van der Waals surface area contributed by atoms with Crippen LogP contribution in [0.1, 0.15) is 11.1 Å². The molecule has 0 aliphatic heterocycles. The second-order valence-electron chi connectivity index (χ2n) is 3.82. The second kappa shape index (κ2) is 5.34. The summed E-state index contributed by atoms with van der Waals surface area (Å²) >= 11 is 2.35. The number of halogens is 1. The summed E-state index contributed by atoms with van der Waals surface area (Å²) in [4.78, 5) is 0. The van der Waals surface area contributed by atoms with Gasteiger partial charge in [-0.25, -0.2) is 0 Å². The minimum absolute atomic E-state index is 0.877. The van der Waals surface area contributed by atoms with E-state index in [-0.39, 0.29) is 0 Å². The molecule has 0 fully saturated rings. The molecule has 0 heterocycles.